The fraction of sp³-hybridized carbons (Fsp3) is 0.400. The van der Waals surface area contributed by atoms with Crippen LogP contribution in [0.5, 0.6) is 0 Å². The molecule has 1 heterocycles. The Balaban J connectivity index is 1.85. The maximum atomic E-state index is 12.3. The molecule has 4 amide bonds. The highest BCUT2D eigenvalue weighted by Gasteiger charge is 2.31. The molecule has 10 nitrogen and oxygen atoms in total. The topological polar surface area (TPSA) is 135 Å². The molecule has 10 heteroatoms. The van der Waals surface area contributed by atoms with Gasteiger partial charge in [0.1, 0.15) is 6.61 Å². The van der Waals surface area contributed by atoms with Crippen molar-refractivity contribution in [3.8, 4) is 0 Å². The molecule has 0 spiro atoms. The van der Waals surface area contributed by atoms with E-state index in [0.29, 0.717) is 12.1 Å². The number of urea groups is 2. The van der Waals surface area contributed by atoms with E-state index in [1.165, 1.54) is 0 Å². The molecule has 30 heavy (non-hydrogen) atoms. The predicted octanol–water partition coefficient (Wildman–Crippen LogP) is 1.65. The predicted molar refractivity (Wildman–Crippen MR) is 108 cm³/mol. The molecule has 4 N–H and O–H groups in total. The summed E-state index contributed by atoms with van der Waals surface area (Å²) in [5, 5.41) is 10.3. The smallest absolute Gasteiger partial charge is 0.338 e. The molecular formula is C20H26N4O6. The molecule has 1 aromatic rings. The molecule has 0 aromatic heterocycles. The van der Waals surface area contributed by atoms with Gasteiger partial charge in [-0.15, -0.1) is 0 Å². The van der Waals surface area contributed by atoms with E-state index in [1.54, 1.807) is 31.2 Å². The van der Waals surface area contributed by atoms with Gasteiger partial charge in [0.05, 0.1) is 30.3 Å². The lowest BCUT2D eigenvalue weighted by atomic mass is 10.0. The van der Waals surface area contributed by atoms with Crippen LogP contribution in [0.1, 0.15) is 26.7 Å². The second kappa shape index (κ2) is 11.4. The molecule has 0 unspecified atom stereocenters. The fourth-order valence-electron chi connectivity index (χ4n) is 2.78. The van der Waals surface area contributed by atoms with Crippen LogP contribution in [0, 0.1) is 0 Å². The minimum absolute atomic E-state index is 0.0623. The Morgan fingerprint density at radius 1 is 1.10 bits per heavy atom. The summed E-state index contributed by atoms with van der Waals surface area (Å²) in [6.07, 6.45) is 0.396. The number of benzene rings is 1. The summed E-state index contributed by atoms with van der Waals surface area (Å²) in [5.74, 6) is -1.17. The number of para-hydroxylation sites is 1. The molecule has 1 aliphatic rings. The molecule has 0 bridgehead atoms. The average molecular weight is 418 g/mol. The van der Waals surface area contributed by atoms with Gasteiger partial charge >= 0.3 is 24.0 Å². The van der Waals surface area contributed by atoms with Gasteiger partial charge in [0.15, 0.2) is 0 Å². The summed E-state index contributed by atoms with van der Waals surface area (Å²) in [6, 6.07) is 7.41. The highest BCUT2D eigenvalue weighted by atomic mass is 16.5. The van der Waals surface area contributed by atoms with Crippen molar-refractivity contribution in [1.82, 2.24) is 16.0 Å². The van der Waals surface area contributed by atoms with Gasteiger partial charge in [-0.3, -0.25) is 4.79 Å². The lowest BCUT2D eigenvalue weighted by molar-refractivity contribution is -0.143. The van der Waals surface area contributed by atoms with E-state index in [2.05, 4.69) is 21.3 Å². The molecule has 1 aromatic carbocycles. The van der Waals surface area contributed by atoms with Crippen LogP contribution in [0.4, 0.5) is 15.3 Å². The SMILES string of the molecule is CCOC(=O)C1=C(COC(=O)CCNC(=O)Nc2ccccc2)NC(=O)N[C@H]1CC. The number of ether oxygens (including phenoxy) is 2. The third kappa shape index (κ3) is 6.80. The summed E-state index contributed by atoms with van der Waals surface area (Å²) in [5.41, 5.74) is 1.04. The molecule has 0 aliphatic carbocycles. The van der Waals surface area contributed by atoms with Crippen molar-refractivity contribution in [3.05, 3.63) is 41.6 Å². The minimum Gasteiger partial charge on any atom is -0.463 e. The van der Waals surface area contributed by atoms with Crippen molar-refractivity contribution in [2.45, 2.75) is 32.7 Å². The number of nitrogens with one attached hydrogen (secondary N) is 4. The van der Waals surface area contributed by atoms with E-state index in [1.807, 2.05) is 13.0 Å². The first-order valence-corrected chi connectivity index (χ1v) is 9.67. The molecule has 0 saturated heterocycles. The van der Waals surface area contributed by atoms with Crippen LogP contribution < -0.4 is 21.3 Å². The van der Waals surface area contributed by atoms with Gasteiger partial charge in [0.2, 0.25) is 0 Å². The van der Waals surface area contributed by atoms with Crippen molar-refractivity contribution >= 4 is 29.7 Å². The summed E-state index contributed by atoms with van der Waals surface area (Å²) >= 11 is 0. The number of rotatable bonds is 9. The molecule has 2 rings (SSSR count). The first-order chi connectivity index (χ1) is 14.4. The average Bonchev–Trinajstić information content (AvgIpc) is 2.72. The fourth-order valence-corrected chi connectivity index (χ4v) is 2.78. The van der Waals surface area contributed by atoms with E-state index in [9.17, 15) is 19.2 Å². The lowest BCUT2D eigenvalue weighted by Gasteiger charge is -2.28. The number of hydrogen-bond acceptors (Lipinski definition) is 6. The van der Waals surface area contributed by atoms with Crippen LogP contribution in [0.15, 0.2) is 41.6 Å². The van der Waals surface area contributed by atoms with Gasteiger partial charge in [-0.2, -0.15) is 0 Å². The van der Waals surface area contributed by atoms with Crippen molar-refractivity contribution in [2.75, 3.05) is 25.1 Å². The van der Waals surface area contributed by atoms with Gasteiger partial charge in [-0.25, -0.2) is 14.4 Å². The summed E-state index contributed by atoms with van der Waals surface area (Å²) < 4.78 is 10.2. The second-order valence-electron chi connectivity index (χ2n) is 6.33. The van der Waals surface area contributed by atoms with Crippen LogP contribution in [0.3, 0.4) is 0 Å². The molecule has 162 valence electrons. The number of carbonyl (C=O) groups is 4. The lowest BCUT2D eigenvalue weighted by Crippen LogP contribution is -2.51. The molecule has 1 aliphatic heterocycles. The Labute approximate surface area is 174 Å². The summed E-state index contributed by atoms with van der Waals surface area (Å²) in [7, 11) is 0. The van der Waals surface area contributed by atoms with Crippen molar-refractivity contribution in [1.29, 1.82) is 0 Å². The summed E-state index contributed by atoms with van der Waals surface area (Å²) in [6.45, 7) is 3.44. The van der Waals surface area contributed by atoms with Gasteiger partial charge in [0.25, 0.3) is 0 Å². The number of anilines is 1. The molecular weight excluding hydrogens is 392 g/mol. The van der Waals surface area contributed by atoms with E-state index in [0.717, 1.165) is 0 Å². The number of carbonyl (C=O) groups excluding carboxylic acids is 4. The van der Waals surface area contributed by atoms with Crippen molar-refractivity contribution < 1.29 is 28.7 Å². The zero-order valence-corrected chi connectivity index (χ0v) is 16.9. The molecule has 0 radical (unpaired) electrons. The maximum Gasteiger partial charge on any atom is 0.338 e. The van der Waals surface area contributed by atoms with E-state index in [4.69, 9.17) is 9.47 Å². The molecule has 1 atom stereocenters. The van der Waals surface area contributed by atoms with Gasteiger partial charge < -0.3 is 30.7 Å². The monoisotopic (exact) mass is 418 g/mol. The third-order valence-electron chi connectivity index (χ3n) is 4.17. The third-order valence-corrected chi connectivity index (χ3v) is 4.17. The highest BCUT2D eigenvalue weighted by molar-refractivity contribution is 5.95. The van der Waals surface area contributed by atoms with Crippen molar-refractivity contribution in [2.24, 2.45) is 0 Å². The zero-order chi connectivity index (χ0) is 21.9. The second-order valence-corrected chi connectivity index (χ2v) is 6.33. The Morgan fingerprint density at radius 3 is 2.50 bits per heavy atom. The summed E-state index contributed by atoms with van der Waals surface area (Å²) in [4.78, 5) is 47.9. The zero-order valence-electron chi connectivity index (χ0n) is 16.9. The van der Waals surface area contributed by atoms with Crippen LogP contribution in [0.25, 0.3) is 0 Å². The standard InChI is InChI=1S/C20H26N4O6/c1-3-14-17(18(26)29-4-2)15(24-20(28)23-14)12-30-16(25)10-11-21-19(27)22-13-8-6-5-7-9-13/h5-9,14H,3-4,10-12H2,1-2H3,(H2,21,22,27)(H2,23,24,28)/t14-/m0/s1. The Bertz CT molecular complexity index is 809. The van der Waals surface area contributed by atoms with E-state index >= 15 is 0 Å². The van der Waals surface area contributed by atoms with Crippen LogP contribution >= 0.6 is 0 Å². The normalized spacial score (nSPS) is 15.5. The minimum atomic E-state index is -0.591. The largest absolute Gasteiger partial charge is 0.463 e. The van der Waals surface area contributed by atoms with Gasteiger partial charge in [0, 0.05) is 12.2 Å². The Kier molecular flexibility index (Phi) is 8.67. The highest BCUT2D eigenvalue weighted by Crippen LogP contribution is 2.17. The van der Waals surface area contributed by atoms with Crippen LogP contribution in [-0.4, -0.2) is 49.8 Å². The van der Waals surface area contributed by atoms with Crippen LogP contribution in [0.2, 0.25) is 0 Å². The molecule has 0 fully saturated rings. The van der Waals surface area contributed by atoms with E-state index in [-0.39, 0.29) is 37.4 Å². The maximum absolute atomic E-state index is 12.3. The van der Waals surface area contributed by atoms with E-state index < -0.39 is 30.0 Å². The first kappa shape index (κ1) is 22.7. The number of esters is 2. The quantitative estimate of drug-likeness (QED) is 0.451. The molecule has 0 saturated carbocycles. The van der Waals surface area contributed by atoms with Gasteiger partial charge in [-0.1, -0.05) is 25.1 Å². The van der Waals surface area contributed by atoms with Gasteiger partial charge in [-0.05, 0) is 25.5 Å². The van der Waals surface area contributed by atoms with Crippen molar-refractivity contribution in [3.63, 3.8) is 0 Å². The van der Waals surface area contributed by atoms with Crippen LogP contribution in [-0.2, 0) is 19.1 Å². The Morgan fingerprint density at radius 2 is 1.83 bits per heavy atom. The number of hydrogen-bond donors (Lipinski definition) is 4. The number of amides is 4. The first-order valence-electron chi connectivity index (χ1n) is 9.67. The Hall–Kier alpha value is -3.56.